The van der Waals surface area contributed by atoms with Crippen LogP contribution in [0.15, 0.2) is 18.2 Å². The molecule has 96 valence electrons. The molecule has 1 aromatic carbocycles. The molecule has 0 spiro atoms. The summed E-state index contributed by atoms with van der Waals surface area (Å²) < 4.78 is 0. The van der Waals surface area contributed by atoms with E-state index in [0.717, 1.165) is 19.5 Å². The number of nitrogens with zero attached hydrogens (tertiary/aromatic N) is 1. The van der Waals surface area contributed by atoms with E-state index in [-0.39, 0.29) is 17.6 Å². The molecular weight excluding hydrogens is 234 g/mol. The van der Waals surface area contributed by atoms with Gasteiger partial charge in [0.1, 0.15) is 0 Å². The maximum Gasteiger partial charge on any atom is 0.269 e. The average Bonchev–Trinajstić information content (AvgIpc) is 2.81. The van der Waals surface area contributed by atoms with Crippen molar-refractivity contribution >= 4 is 11.6 Å². The predicted octanol–water partition coefficient (Wildman–Crippen LogP) is 0.995. The Kier molecular flexibility index (Phi) is 3.57. The zero-order chi connectivity index (χ0) is 13.1. The summed E-state index contributed by atoms with van der Waals surface area (Å²) in [6, 6.07) is 4.43. The summed E-state index contributed by atoms with van der Waals surface area (Å²) in [6.45, 7) is 3.39. The molecule has 0 aromatic heterocycles. The van der Waals surface area contributed by atoms with Crippen LogP contribution in [0.1, 0.15) is 22.3 Å². The van der Waals surface area contributed by atoms with Gasteiger partial charge in [0.05, 0.1) is 4.92 Å². The van der Waals surface area contributed by atoms with Crippen LogP contribution in [0.4, 0.5) is 5.69 Å². The van der Waals surface area contributed by atoms with E-state index in [4.69, 9.17) is 0 Å². The average molecular weight is 249 g/mol. The fourth-order valence-corrected chi connectivity index (χ4v) is 2.06. The summed E-state index contributed by atoms with van der Waals surface area (Å²) in [7, 11) is 0. The molecule has 2 rings (SSSR count). The molecule has 0 bridgehead atoms. The summed E-state index contributed by atoms with van der Waals surface area (Å²) in [4.78, 5) is 22.1. The third kappa shape index (κ3) is 2.65. The third-order valence-electron chi connectivity index (χ3n) is 3.06. The highest BCUT2D eigenvalue weighted by Gasteiger charge is 2.19. The normalized spacial score (nSPS) is 18.6. The SMILES string of the molecule is Cc1cc([N+](=O)[O-])ccc1C(=O)N[C@@H]1CCNC1. The number of carbonyl (C=O) groups excluding carboxylic acids is 1. The zero-order valence-corrected chi connectivity index (χ0v) is 10.1. The molecule has 1 fully saturated rings. The van der Waals surface area contributed by atoms with Gasteiger partial charge in [0.25, 0.3) is 11.6 Å². The number of non-ortho nitro benzene ring substituents is 1. The van der Waals surface area contributed by atoms with E-state index in [2.05, 4.69) is 10.6 Å². The monoisotopic (exact) mass is 249 g/mol. The summed E-state index contributed by atoms with van der Waals surface area (Å²) in [5, 5.41) is 16.7. The van der Waals surface area contributed by atoms with E-state index < -0.39 is 4.92 Å². The lowest BCUT2D eigenvalue weighted by atomic mass is 10.1. The van der Waals surface area contributed by atoms with E-state index in [1.165, 1.54) is 18.2 Å². The lowest BCUT2D eigenvalue weighted by molar-refractivity contribution is -0.384. The van der Waals surface area contributed by atoms with Crippen LogP contribution in [0.2, 0.25) is 0 Å². The van der Waals surface area contributed by atoms with E-state index in [9.17, 15) is 14.9 Å². The van der Waals surface area contributed by atoms with Crippen molar-refractivity contribution in [2.24, 2.45) is 0 Å². The Morgan fingerprint density at radius 3 is 2.89 bits per heavy atom. The minimum atomic E-state index is -0.463. The van der Waals surface area contributed by atoms with Gasteiger partial charge in [-0.05, 0) is 31.5 Å². The topological polar surface area (TPSA) is 84.3 Å². The second kappa shape index (κ2) is 5.14. The van der Waals surface area contributed by atoms with Crippen molar-refractivity contribution in [2.45, 2.75) is 19.4 Å². The van der Waals surface area contributed by atoms with Crippen molar-refractivity contribution < 1.29 is 9.72 Å². The molecule has 0 radical (unpaired) electrons. The van der Waals surface area contributed by atoms with Crippen LogP contribution >= 0.6 is 0 Å². The summed E-state index contributed by atoms with van der Waals surface area (Å²) in [5.74, 6) is -0.170. The van der Waals surface area contributed by atoms with Gasteiger partial charge < -0.3 is 10.6 Å². The smallest absolute Gasteiger partial charge is 0.269 e. The highest BCUT2D eigenvalue weighted by Crippen LogP contribution is 2.17. The summed E-state index contributed by atoms with van der Waals surface area (Å²) in [5.41, 5.74) is 1.12. The molecule has 2 N–H and O–H groups in total. The molecule has 1 aromatic rings. The summed E-state index contributed by atoms with van der Waals surface area (Å²) >= 11 is 0. The second-order valence-electron chi connectivity index (χ2n) is 4.42. The lowest BCUT2D eigenvalue weighted by Crippen LogP contribution is -2.36. The molecule has 0 saturated carbocycles. The van der Waals surface area contributed by atoms with Crippen LogP contribution in [0.5, 0.6) is 0 Å². The number of nitro benzene ring substituents is 1. The molecule has 6 nitrogen and oxygen atoms in total. The van der Waals surface area contributed by atoms with Gasteiger partial charge in [-0.25, -0.2) is 0 Å². The Morgan fingerprint density at radius 2 is 2.33 bits per heavy atom. The predicted molar refractivity (Wildman–Crippen MR) is 66.6 cm³/mol. The first-order valence-corrected chi connectivity index (χ1v) is 5.84. The summed E-state index contributed by atoms with van der Waals surface area (Å²) in [6.07, 6.45) is 0.914. The number of hydrogen-bond acceptors (Lipinski definition) is 4. The van der Waals surface area contributed by atoms with Gasteiger partial charge in [0.2, 0.25) is 0 Å². The Bertz CT molecular complexity index is 481. The third-order valence-corrected chi connectivity index (χ3v) is 3.06. The quantitative estimate of drug-likeness (QED) is 0.618. The van der Waals surface area contributed by atoms with Crippen molar-refractivity contribution in [3.05, 3.63) is 39.4 Å². The van der Waals surface area contributed by atoms with Gasteiger partial charge in [0.15, 0.2) is 0 Å². The van der Waals surface area contributed by atoms with Gasteiger partial charge >= 0.3 is 0 Å². The van der Waals surface area contributed by atoms with E-state index >= 15 is 0 Å². The molecule has 0 aliphatic carbocycles. The lowest BCUT2D eigenvalue weighted by Gasteiger charge is -2.12. The number of hydrogen-bond donors (Lipinski definition) is 2. The van der Waals surface area contributed by atoms with Crippen LogP contribution < -0.4 is 10.6 Å². The minimum Gasteiger partial charge on any atom is -0.348 e. The maximum absolute atomic E-state index is 12.0. The van der Waals surface area contributed by atoms with Gasteiger partial charge in [-0.15, -0.1) is 0 Å². The van der Waals surface area contributed by atoms with Crippen molar-refractivity contribution in [3.8, 4) is 0 Å². The number of carbonyl (C=O) groups is 1. The Labute approximate surface area is 105 Å². The highest BCUT2D eigenvalue weighted by atomic mass is 16.6. The number of aryl methyl sites for hydroxylation is 1. The molecule has 1 aliphatic rings. The number of benzene rings is 1. The molecular formula is C12H15N3O3. The fraction of sp³-hybridized carbons (Fsp3) is 0.417. The van der Waals surface area contributed by atoms with Crippen molar-refractivity contribution in [1.82, 2.24) is 10.6 Å². The van der Waals surface area contributed by atoms with Crippen LogP contribution in [-0.4, -0.2) is 30.0 Å². The van der Waals surface area contributed by atoms with Crippen molar-refractivity contribution in [2.75, 3.05) is 13.1 Å². The first-order valence-electron chi connectivity index (χ1n) is 5.84. The largest absolute Gasteiger partial charge is 0.348 e. The molecule has 1 aliphatic heterocycles. The van der Waals surface area contributed by atoms with Crippen LogP contribution in [0.25, 0.3) is 0 Å². The van der Waals surface area contributed by atoms with E-state index in [1.807, 2.05) is 0 Å². The van der Waals surface area contributed by atoms with E-state index in [0.29, 0.717) is 11.1 Å². The fourth-order valence-electron chi connectivity index (χ4n) is 2.06. The highest BCUT2D eigenvalue weighted by molar-refractivity contribution is 5.96. The Hall–Kier alpha value is -1.95. The number of rotatable bonds is 3. The van der Waals surface area contributed by atoms with Gasteiger partial charge in [0, 0.05) is 30.3 Å². The Morgan fingerprint density at radius 1 is 1.56 bits per heavy atom. The molecule has 1 amide bonds. The van der Waals surface area contributed by atoms with Crippen molar-refractivity contribution in [1.29, 1.82) is 0 Å². The van der Waals surface area contributed by atoms with Crippen LogP contribution in [-0.2, 0) is 0 Å². The molecule has 6 heteroatoms. The van der Waals surface area contributed by atoms with Gasteiger partial charge in [-0.3, -0.25) is 14.9 Å². The number of nitro groups is 1. The first kappa shape index (κ1) is 12.5. The number of amides is 1. The Balaban J connectivity index is 2.12. The zero-order valence-electron chi connectivity index (χ0n) is 10.1. The second-order valence-corrected chi connectivity index (χ2v) is 4.42. The van der Waals surface area contributed by atoms with Gasteiger partial charge in [-0.2, -0.15) is 0 Å². The molecule has 1 atom stereocenters. The first-order chi connectivity index (χ1) is 8.58. The van der Waals surface area contributed by atoms with E-state index in [1.54, 1.807) is 6.92 Å². The van der Waals surface area contributed by atoms with Gasteiger partial charge in [-0.1, -0.05) is 0 Å². The number of nitrogens with one attached hydrogen (secondary N) is 2. The standard InChI is InChI=1S/C12H15N3O3/c1-8-6-10(15(17)18)2-3-11(8)12(16)14-9-4-5-13-7-9/h2-3,6,9,13H,4-5,7H2,1H3,(H,14,16)/t9-/m1/s1. The molecule has 0 unspecified atom stereocenters. The van der Waals surface area contributed by atoms with Crippen LogP contribution in [0.3, 0.4) is 0 Å². The maximum atomic E-state index is 12.0. The molecule has 18 heavy (non-hydrogen) atoms. The van der Waals surface area contributed by atoms with Crippen molar-refractivity contribution in [3.63, 3.8) is 0 Å². The minimum absolute atomic E-state index is 0.00610. The molecule has 1 saturated heterocycles. The molecule has 1 heterocycles. The van der Waals surface area contributed by atoms with Crippen LogP contribution in [0, 0.1) is 17.0 Å².